The summed E-state index contributed by atoms with van der Waals surface area (Å²) in [6.07, 6.45) is 3.08. The maximum atomic E-state index is 12.6. The van der Waals surface area contributed by atoms with Crippen molar-refractivity contribution in [3.05, 3.63) is 33.9 Å². The predicted octanol–water partition coefficient (Wildman–Crippen LogP) is 6.00. The predicted molar refractivity (Wildman–Crippen MR) is 151 cm³/mol. The number of hydrogen-bond acceptors (Lipinski definition) is 8. The van der Waals surface area contributed by atoms with Crippen molar-refractivity contribution in [2.45, 2.75) is 79.2 Å². The summed E-state index contributed by atoms with van der Waals surface area (Å²) in [5.41, 5.74) is 3.98. The van der Waals surface area contributed by atoms with E-state index in [1.807, 2.05) is 19.9 Å². The number of allylic oxidation sites excluding steroid dienone is 2. The summed E-state index contributed by atoms with van der Waals surface area (Å²) in [5, 5.41) is 2.66. The van der Waals surface area contributed by atoms with Crippen LogP contribution in [0.2, 0.25) is 25.7 Å². The molecule has 1 aromatic rings. The molecule has 0 saturated carbocycles. The Balaban J connectivity index is 2.17. The molecule has 0 aromatic heterocycles. The van der Waals surface area contributed by atoms with Crippen LogP contribution in [0.4, 0.5) is 0 Å². The first-order valence-electron chi connectivity index (χ1n) is 13.2. The van der Waals surface area contributed by atoms with Crippen molar-refractivity contribution in [1.82, 2.24) is 5.32 Å². The molecule has 38 heavy (non-hydrogen) atoms. The van der Waals surface area contributed by atoms with Crippen LogP contribution in [0.3, 0.4) is 0 Å². The number of esters is 1. The second-order valence-corrected chi connectivity index (χ2v) is 18.2. The van der Waals surface area contributed by atoms with Crippen LogP contribution in [0.15, 0.2) is 11.6 Å². The molecule has 0 spiro atoms. The highest BCUT2D eigenvalue weighted by Gasteiger charge is 2.33. The SMILES string of the molecule is CCOP(=O)(CNC(=O)CCC(C)=CCc1c(OC)c(C)c2c(c1OCC[Si](C)(C)C)C(=O)OC2)OCC. The van der Waals surface area contributed by atoms with E-state index in [9.17, 15) is 14.2 Å². The number of benzene rings is 1. The molecule has 1 aliphatic heterocycles. The molecule has 11 heteroatoms. The van der Waals surface area contributed by atoms with E-state index in [-0.39, 0.29) is 44.4 Å². The lowest BCUT2D eigenvalue weighted by Crippen LogP contribution is -2.25. The van der Waals surface area contributed by atoms with E-state index in [1.54, 1.807) is 21.0 Å². The lowest BCUT2D eigenvalue weighted by atomic mass is 9.94. The van der Waals surface area contributed by atoms with Crippen LogP contribution in [0, 0.1) is 6.92 Å². The Kier molecular flexibility index (Phi) is 12.1. The summed E-state index contributed by atoms with van der Waals surface area (Å²) in [5.74, 6) is 0.618. The number of rotatable bonds is 16. The molecule has 0 unspecified atom stereocenters. The van der Waals surface area contributed by atoms with Crippen LogP contribution >= 0.6 is 7.60 Å². The zero-order chi connectivity index (χ0) is 28.5. The molecule has 0 bridgehead atoms. The van der Waals surface area contributed by atoms with Gasteiger partial charge in [-0.05, 0) is 52.1 Å². The summed E-state index contributed by atoms with van der Waals surface area (Å²) < 4.78 is 40.4. The van der Waals surface area contributed by atoms with E-state index in [4.69, 9.17) is 23.3 Å². The molecule has 0 fully saturated rings. The Morgan fingerprint density at radius 2 is 1.79 bits per heavy atom. The zero-order valence-electron chi connectivity index (χ0n) is 24.2. The monoisotopic (exact) mass is 569 g/mol. The summed E-state index contributed by atoms with van der Waals surface area (Å²) in [7, 11) is -3.06. The van der Waals surface area contributed by atoms with Crippen molar-refractivity contribution < 1.29 is 37.4 Å². The number of amides is 1. The van der Waals surface area contributed by atoms with E-state index < -0.39 is 15.7 Å². The topological polar surface area (TPSA) is 109 Å². The second kappa shape index (κ2) is 14.3. The first kappa shape index (κ1) is 32.1. The highest BCUT2D eigenvalue weighted by atomic mass is 31.2. The molecule has 0 saturated heterocycles. The molecule has 2 rings (SSSR count). The molecule has 1 aliphatic rings. The molecule has 0 radical (unpaired) electrons. The number of nitrogens with one attached hydrogen (secondary N) is 1. The standard InChI is InChI=1S/C27H44NO8PSi/c1-9-35-37(31,36-10-2)18-28-23(29)14-12-19(3)11-13-21-25(32-5)20(4)22-17-34-27(30)24(22)26(21)33-15-16-38(6,7)8/h11H,9-10,12-18H2,1-8H3,(H,28,29). The van der Waals surface area contributed by atoms with Gasteiger partial charge >= 0.3 is 13.6 Å². The summed E-state index contributed by atoms with van der Waals surface area (Å²) in [4.78, 5) is 25.0. The fraction of sp³-hybridized carbons (Fsp3) is 0.630. The fourth-order valence-corrected chi connectivity index (χ4v) is 6.24. The quantitative estimate of drug-likeness (QED) is 0.112. The number of ether oxygens (including phenoxy) is 3. The third-order valence-electron chi connectivity index (χ3n) is 6.25. The Bertz CT molecular complexity index is 1070. The van der Waals surface area contributed by atoms with Gasteiger partial charge in [-0.2, -0.15) is 0 Å². The molecule has 0 aliphatic carbocycles. The Hall–Kier alpha value is -2.13. The van der Waals surface area contributed by atoms with Gasteiger partial charge < -0.3 is 28.6 Å². The van der Waals surface area contributed by atoms with Gasteiger partial charge in [-0.1, -0.05) is 31.3 Å². The van der Waals surface area contributed by atoms with E-state index in [0.717, 1.165) is 28.3 Å². The molecule has 1 amide bonds. The highest BCUT2D eigenvalue weighted by Crippen LogP contribution is 2.46. The van der Waals surface area contributed by atoms with E-state index in [1.165, 1.54) is 0 Å². The largest absolute Gasteiger partial charge is 0.496 e. The summed E-state index contributed by atoms with van der Waals surface area (Å²) >= 11 is 0. The lowest BCUT2D eigenvalue weighted by molar-refractivity contribution is -0.120. The molecule has 1 heterocycles. The summed E-state index contributed by atoms with van der Waals surface area (Å²) in [6, 6.07) is 0.954. The highest BCUT2D eigenvalue weighted by molar-refractivity contribution is 7.53. The average Bonchev–Trinajstić information content (AvgIpc) is 3.23. The van der Waals surface area contributed by atoms with E-state index in [2.05, 4.69) is 25.0 Å². The van der Waals surface area contributed by atoms with E-state index >= 15 is 0 Å². The van der Waals surface area contributed by atoms with E-state index in [0.29, 0.717) is 36.5 Å². The van der Waals surface area contributed by atoms with Gasteiger partial charge in [0.15, 0.2) is 0 Å². The van der Waals surface area contributed by atoms with Crippen LogP contribution in [-0.2, 0) is 36.2 Å². The number of methoxy groups -OCH3 is 1. The maximum absolute atomic E-state index is 12.6. The van der Waals surface area contributed by atoms with Gasteiger partial charge in [0, 0.05) is 25.6 Å². The molecule has 0 atom stereocenters. The molecular weight excluding hydrogens is 525 g/mol. The number of hydrogen-bond donors (Lipinski definition) is 1. The smallest absolute Gasteiger partial charge is 0.349 e. The fourth-order valence-electron chi connectivity index (χ4n) is 4.11. The van der Waals surface area contributed by atoms with Crippen molar-refractivity contribution in [3.63, 3.8) is 0 Å². The molecule has 9 nitrogen and oxygen atoms in total. The van der Waals surface area contributed by atoms with Crippen LogP contribution in [0.5, 0.6) is 11.5 Å². The minimum Gasteiger partial charge on any atom is -0.496 e. The Labute approximate surface area is 228 Å². The van der Waals surface area contributed by atoms with Crippen molar-refractivity contribution in [2.75, 3.05) is 33.2 Å². The van der Waals surface area contributed by atoms with Gasteiger partial charge in [-0.15, -0.1) is 0 Å². The normalized spacial score (nSPS) is 13.8. The van der Waals surface area contributed by atoms with Gasteiger partial charge in [0.1, 0.15) is 30.0 Å². The van der Waals surface area contributed by atoms with Crippen LogP contribution in [0.1, 0.15) is 60.7 Å². The van der Waals surface area contributed by atoms with Gasteiger partial charge in [0.05, 0.1) is 26.9 Å². The van der Waals surface area contributed by atoms with Gasteiger partial charge in [-0.25, -0.2) is 4.79 Å². The maximum Gasteiger partial charge on any atom is 0.349 e. The zero-order valence-corrected chi connectivity index (χ0v) is 26.0. The third kappa shape index (κ3) is 8.97. The Morgan fingerprint density at radius 3 is 2.37 bits per heavy atom. The minimum absolute atomic E-state index is 0.157. The van der Waals surface area contributed by atoms with Gasteiger partial charge in [0.25, 0.3) is 0 Å². The third-order valence-corrected chi connectivity index (χ3v) is 9.80. The first-order valence-corrected chi connectivity index (χ1v) is 18.6. The van der Waals surface area contributed by atoms with Gasteiger partial charge in [-0.3, -0.25) is 9.36 Å². The minimum atomic E-state index is -3.33. The Morgan fingerprint density at radius 1 is 1.13 bits per heavy atom. The average molecular weight is 570 g/mol. The van der Waals surface area contributed by atoms with Gasteiger partial charge in [0.2, 0.25) is 5.91 Å². The number of cyclic esters (lactones) is 1. The van der Waals surface area contributed by atoms with Crippen molar-refractivity contribution in [1.29, 1.82) is 0 Å². The molecule has 214 valence electrons. The van der Waals surface area contributed by atoms with Crippen molar-refractivity contribution in [3.8, 4) is 11.5 Å². The number of fused-ring (bicyclic) bond motifs is 1. The van der Waals surface area contributed by atoms with Crippen LogP contribution in [0.25, 0.3) is 0 Å². The lowest BCUT2D eigenvalue weighted by Gasteiger charge is -2.21. The first-order chi connectivity index (χ1) is 17.9. The van der Waals surface area contributed by atoms with Crippen LogP contribution < -0.4 is 14.8 Å². The summed E-state index contributed by atoms with van der Waals surface area (Å²) in [6.45, 7) is 15.4. The van der Waals surface area contributed by atoms with Crippen LogP contribution in [-0.4, -0.2) is 53.2 Å². The van der Waals surface area contributed by atoms with Crippen molar-refractivity contribution >= 4 is 27.5 Å². The van der Waals surface area contributed by atoms with Crippen molar-refractivity contribution in [2.24, 2.45) is 0 Å². The molecule has 1 N–H and O–H groups in total. The molecular formula is C27H44NO8PSi. The second-order valence-electron chi connectivity index (χ2n) is 10.5. The molecule has 1 aromatic carbocycles. The number of carbonyl (C=O) groups is 2. The number of carbonyl (C=O) groups excluding carboxylic acids is 2.